The third kappa shape index (κ3) is 3.73. The molecule has 0 aliphatic heterocycles. The number of fused-ring (bicyclic) bond motifs is 7. The third-order valence-corrected chi connectivity index (χ3v) is 9.57. The monoisotopic (exact) mass is 539 g/mol. The summed E-state index contributed by atoms with van der Waals surface area (Å²) in [5.41, 5.74) is 2.28. The van der Waals surface area contributed by atoms with Gasteiger partial charge in [0.2, 0.25) is 5.89 Å². The molecule has 7 heteroatoms. The predicted molar refractivity (Wildman–Crippen MR) is 157 cm³/mol. The molecule has 0 spiro atoms. The molecule has 0 saturated heterocycles. The molecule has 5 nitrogen and oxygen atoms in total. The number of nitrogens with zero attached hydrogens (tertiary/aromatic N) is 1. The molecule has 0 unspecified atom stereocenters. The highest BCUT2D eigenvalue weighted by Gasteiger charge is 2.37. The van der Waals surface area contributed by atoms with Gasteiger partial charge in [-0.2, -0.15) is 0 Å². The summed E-state index contributed by atoms with van der Waals surface area (Å²) >= 11 is 3.01. The summed E-state index contributed by atoms with van der Waals surface area (Å²) in [7, 11) is 0. The van der Waals surface area contributed by atoms with Gasteiger partial charge in [-0.25, -0.2) is 4.98 Å². The van der Waals surface area contributed by atoms with Gasteiger partial charge in [0, 0.05) is 53.9 Å². The largest absolute Gasteiger partial charge is 0.456 e. The van der Waals surface area contributed by atoms with Crippen LogP contribution >= 0.6 is 23.4 Å². The van der Waals surface area contributed by atoms with Gasteiger partial charge < -0.3 is 18.1 Å². The number of oxazole rings is 1. The molecule has 0 amide bonds. The molecular formula is C31H25NO4S2. The summed E-state index contributed by atoms with van der Waals surface area (Å²) < 4.78 is 20.9. The first-order chi connectivity index (χ1) is 18.2. The van der Waals surface area contributed by atoms with Crippen molar-refractivity contribution in [3.63, 3.8) is 0 Å². The van der Waals surface area contributed by atoms with Gasteiger partial charge in [-0.05, 0) is 64.1 Å². The van der Waals surface area contributed by atoms with E-state index in [0.717, 1.165) is 37.9 Å². The van der Waals surface area contributed by atoms with Gasteiger partial charge in [0.1, 0.15) is 22.3 Å². The molecule has 0 saturated carbocycles. The Kier molecular flexibility index (Phi) is 5.20. The van der Waals surface area contributed by atoms with E-state index in [4.69, 9.17) is 18.0 Å². The van der Waals surface area contributed by atoms with Crippen molar-refractivity contribution < 1.29 is 18.1 Å². The van der Waals surface area contributed by atoms with Crippen LogP contribution in [0.1, 0.15) is 27.7 Å². The maximum Gasteiger partial charge on any atom is 0.228 e. The van der Waals surface area contributed by atoms with Crippen LogP contribution in [0.3, 0.4) is 0 Å². The van der Waals surface area contributed by atoms with E-state index in [1.807, 2.05) is 38.1 Å². The SMILES string of the molecule is CC(C)(O)C(C)(C)OSc1ccc2oc3cc4oc(-c5cccc6c5sc5ccccc56)nc4cc3c2c1. The van der Waals surface area contributed by atoms with E-state index in [2.05, 4.69) is 48.5 Å². The molecule has 3 heterocycles. The van der Waals surface area contributed by atoms with Crippen molar-refractivity contribution in [2.75, 3.05) is 0 Å². The number of benzene rings is 4. The third-order valence-electron chi connectivity index (χ3n) is 7.41. The van der Waals surface area contributed by atoms with Crippen molar-refractivity contribution in [1.29, 1.82) is 0 Å². The molecule has 0 atom stereocenters. The number of aliphatic hydroxyl groups is 1. The first kappa shape index (κ1) is 23.7. The van der Waals surface area contributed by atoms with E-state index < -0.39 is 11.2 Å². The fourth-order valence-corrected chi connectivity index (χ4v) is 6.52. The highest BCUT2D eigenvalue weighted by atomic mass is 32.2. The van der Waals surface area contributed by atoms with E-state index in [1.165, 1.54) is 32.2 Å². The zero-order valence-corrected chi connectivity index (χ0v) is 23.0. The smallest absolute Gasteiger partial charge is 0.228 e. The van der Waals surface area contributed by atoms with Crippen LogP contribution in [0.15, 0.2) is 86.5 Å². The fraction of sp³-hybridized carbons (Fsp3) is 0.194. The average Bonchev–Trinajstić information content (AvgIpc) is 3.57. The van der Waals surface area contributed by atoms with Crippen molar-refractivity contribution in [1.82, 2.24) is 4.98 Å². The number of furan rings is 1. The standard InChI is InChI=1S/C31H25NO4S2/c1-30(2,33)31(3,4)36-38-17-12-13-24-21(14-17)22-15-23-26(16-25(22)34-24)35-29(32-23)20-10-7-9-19-18-8-5-6-11-27(18)37-28(19)20/h5-16,33H,1-4H3. The van der Waals surface area contributed by atoms with Crippen LogP contribution in [0.5, 0.6) is 0 Å². The summed E-state index contributed by atoms with van der Waals surface area (Å²) in [5.74, 6) is 0.604. The Balaban J connectivity index is 1.30. The Hall–Kier alpha value is -3.36. The summed E-state index contributed by atoms with van der Waals surface area (Å²) in [5, 5.41) is 14.8. The van der Waals surface area contributed by atoms with Crippen LogP contribution in [-0.4, -0.2) is 21.3 Å². The summed E-state index contributed by atoms with van der Waals surface area (Å²) in [6.07, 6.45) is 0. The van der Waals surface area contributed by atoms with Gasteiger partial charge in [-0.15, -0.1) is 11.3 Å². The molecule has 0 bridgehead atoms. The highest BCUT2D eigenvalue weighted by Crippen LogP contribution is 2.42. The Bertz CT molecular complexity index is 2010. The van der Waals surface area contributed by atoms with Crippen LogP contribution in [0.25, 0.3) is 64.7 Å². The Labute approximate surface area is 227 Å². The minimum Gasteiger partial charge on any atom is -0.456 e. The summed E-state index contributed by atoms with van der Waals surface area (Å²) in [4.78, 5) is 5.82. The topological polar surface area (TPSA) is 68.6 Å². The second-order valence-electron chi connectivity index (χ2n) is 10.6. The lowest BCUT2D eigenvalue weighted by molar-refractivity contribution is -0.0813. The maximum absolute atomic E-state index is 10.4. The van der Waals surface area contributed by atoms with E-state index >= 15 is 0 Å². The van der Waals surface area contributed by atoms with Gasteiger partial charge in [0.15, 0.2) is 5.58 Å². The van der Waals surface area contributed by atoms with Crippen LogP contribution in [-0.2, 0) is 4.18 Å². The second kappa shape index (κ2) is 8.32. The van der Waals surface area contributed by atoms with Crippen molar-refractivity contribution in [2.45, 2.75) is 43.8 Å². The van der Waals surface area contributed by atoms with Gasteiger partial charge in [0.05, 0.1) is 11.2 Å². The first-order valence-corrected chi connectivity index (χ1v) is 14.0. The fourth-order valence-electron chi connectivity index (χ4n) is 4.51. The molecule has 7 aromatic rings. The Morgan fingerprint density at radius 2 is 1.58 bits per heavy atom. The first-order valence-electron chi connectivity index (χ1n) is 12.4. The zero-order valence-electron chi connectivity index (χ0n) is 21.4. The number of thiophene rings is 1. The second-order valence-corrected chi connectivity index (χ2v) is 12.5. The average molecular weight is 540 g/mol. The van der Waals surface area contributed by atoms with E-state index in [-0.39, 0.29) is 0 Å². The molecule has 0 aliphatic rings. The van der Waals surface area contributed by atoms with E-state index in [1.54, 1.807) is 25.2 Å². The van der Waals surface area contributed by atoms with E-state index in [9.17, 15) is 5.11 Å². The molecule has 0 aliphatic carbocycles. The van der Waals surface area contributed by atoms with Crippen LogP contribution < -0.4 is 0 Å². The van der Waals surface area contributed by atoms with Crippen molar-refractivity contribution in [3.05, 3.63) is 72.8 Å². The van der Waals surface area contributed by atoms with Crippen molar-refractivity contribution >= 4 is 76.6 Å². The van der Waals surface area contributed by atoms with Crippen LogP contribution in [0, 0.1) is 0 Å². The van der Waals surface area contributed by atoms with Crippen LogP contribution in [0.4, 0.5) is 0 Å². The Morgan fingerprint density at radius 3 is 2.42 bits per heavy atom. The molecule has 4 aromatic carbocycles. The van der Waals surface area contributed by atoms with E-state index in [0.29, 0.717) is 11.5 Å². The molecule has 7 rings (SSSR count). The van der Waals surface area contributed by atoms with Crippen LogP contribution in [0.2, 0.25) is 0 Å². The number of hydrogen-bond donors (Lipinski definition) is 1. The van der Waals surface area contributed by atoms with Gasteiger partial charge >= 0.3 is 0 Å². The summed E-state index contributed by atoms with van der Waals surface area (Å²) in [6.45, 7) is 7.26. The normalized spacial score (nSPS) is 13.1. The van der Waals surface area contributed by atoms with Gasteiger partial charge in [-0.1, -0.05) is 30.3 Å². The number of rotatable bonds is 5. The quantitative estimate of drug-likeness (QED) is 0.220. The minimum atomic E-state index is -0.983. The number of hydrogen-bond acceptors (Lipinski definition) is 7. The van der Waals surface area contributed by atoms with Gasteiger partial charge in [-0.3, -0.25) is 0 Å². The zero-order chi connectivity index (χ0) is 26.2. The lowest BCUT2D eigenvalue weighted by Gasteiger charge is -2.35. The molecule has 190 valence electrons. The van der Waals surface area contributed by atoms with Gasteiger partial charge in [0.25, 0.3) is 0 Å². The highest BCUT2D eigenvalue weighted by molar-refractivity contribution is 7.94. The predicted octanol–water partition coefficient (Wildman–Crippen LogP) is 9.34. The number of aromatic nitrogens is 1. The lowest BCUT2D eigenvalue weighted by atomic mass is 9.90. The molecule has 0 fully saturated rings. The lowest BCUT2D eigenvalue weighted by Crippen LogP contribution is -2.45. The minimum absolute atomic E-state index is 0.604. The summed E-state index contributed by atoms with van der Waals surface area (Å²) in [6, 6.07) is 24.7. The Morgan fingerprint density at radius 1 is 0.789 bits per heavy atom. The molecule has 3 aromatic heterocycles. The van der Waals surface area contributed by atoms with Crippen molar-refractivity contribution in [3.8, 4) is 11.5 Å². The molecule has 38 heavy (non-hydrogen) atoms. The molecule has 0 radical (unpaired) electrons. The molecular weight excluding hydrogens is 514 g/mol. The van der Waals surface area contributed by atoms with Crippen molar-refractivity contribution in [2.24, 2.45) is 0 Å². The molecule has 1 N–H and O–H groups in total. The maximum atomic E-state index is 10.4.